The summed E-state index contributed by atoms with van der Waals surface area (Å²) in [6.07, 6.45) is 4.08. The Balaban J connectivity index is 2.07. The minimum absolute atomic E-state index is 0.226. The van der Waals surface area contributed by atoms with Gasteiger partial charge >= 0.3 is 5.97 Å². The van der Waals surface area contributed by atoms with Crippen LogP contribution in [0.25, 0.3) is 0 Å². The van der Waals surface area contributed by atoms with E-state index in [1.165, 1.54) is 12.4 Å². The predicted molar refractivity (Wildman–Crippen MR) is 68.8 cm³/mol. The predicted octanol–water partition coefficient (Wildman–Crippen LogP) is 1.96. The fourth-order valence-corrected chi connectivity index (χ4v) is 2.51. The monoisotopic (exact) mass is 283 g/mol. The van der Waals surface area contributed by atoms with Crippen molar-refractivity contribution in [1.29, 1.82) is 0 Å². The molecule has 1 aromatic rings. The normalized spacial score (nSPS) is 22.8. The second-order valence-electron chi connectivity index (χ2n) is 4.55. The maximum atomic E-state index is 12.1. The third kappa shape index (κ3) is 3.41. The van der Waals surface area contributed by atoms with Crippen molar-refractivity contribution in [2.45, 2.75) is 25.7 Å². The lowest BCUT2D eigenvalue weighted by Crippen LogP contribution is -2.36. The number of rotatable bonds is 3. The van der Waals surface area contributed by atoms with Crippen LogP contribution in [0.4, 0.5) is 5.82 Å². The largest absolute Gasteiger partial charge is 0.481 e. The van der Waals surface area contributed by atoms with Gasteiger partial charge < -0.3 is 10.4 Å². The van der Waals surface area contributed by atoms with E-state index in [1.807, 2.05) is 0 Å². The summed E-state index contributed by atoms with van der Waals surface area (Å²) in [5, 5.41) is 12.0. The molecule has 1 fully saturated rings. The lowest BCUT2D eigenvalue weighted by Gasteiger charge is -2.27. The second kappa shape index (κ2) is 5.97. The Bertz CT molecular complexity index is 495. The molecule has 7 heteroatoms. The number of carbonyl (C=O) groups is 2. The van der Waals surface area contributed by atoms with Crippen LogP contribution in [0.5, 0.6) is 0 Å². The molecule has 0 bridgehead atoms. The molecular weight excluding hydrogens is 270 g/mol. The number of carbonyl (C=O) groups excluding carboxylic acids is 1. The number of nitrogens with zero attached hydrogens (tertiary/aromatic N) is 2. The first-order valence-corrected chi connectivity index (χ1v) is 6.47. The highest BCUT2D eigenvalue weighted by Crippen LogP contribution is 2.31. The highest BCUT2D eigenvalue weighted by molar-refractivity contribution is 6.29. The lowest BCUT2D eigenvalue weighted by atomic mass is 9.79. The number of hydrogen-bond acceptors (Lipinski definition) is 4. The van der Waals surface area contributed by atoms with E-state index in [2.05, 4.69) is 15.3 Å². The van der Waals surface area contributed by atoms with Crippen LogP contribution in [0.3, 0.4) is 0 Å². The number of carboxylic acid groups (broad SMARTS) is 1. The van der Waals surface area contributed by atoms with Gasteiger partial charge in [-0.1, -0.05) is 24.4 Å². The number of amides is 1. The van der Waals surface area contributed by atoms with Crippen molar-refractivity contribution in [1.82, 2.24) is 9.97 Å². The van der Waals surface area contributed by atoms with Crippen LogP contribution in [0.1, 0.15) is 25.7 Å². The van der Waals surface area contributed by atoms with E-state index in [0.717, 1.165) is 12.8 Å². The molecular formula is C12H14ClN3O3. The Morgan fingerprint density at radius 3 is 2.58 bits per heavy atom. The van der Waals surface area contributed by atoms with Crippen LogP contribution in [0.15, 0.2) is 12.4 Å². The van der Waals surface area contributed by atoms with Gasteiger partial charge in [-0.15, -0.1) is 0 Å². The van der Waals surface area contributed by atoms with E-state index in [-0.39, 0.29) is 11.1 Å². The standard InChI is InChI=1S/C12H14ClN3O3/c13-9-5-10(15-6-14-9)16-11(17)7-3-1-2-4-8(7)12(18)19/h5-8H,1-4H2,(H,18,19)(H,14,15,16,17). The van der Waals surface area contributed by atoms with Gasteiger partial charge in [0.25, 0.3) is 0 Å². The van der Waals surface area contributed by atoms with E-state index >= 15 is 0 Å². The number of hydrogen-bond donors (Lipinski definition) is 2. The summed E-state index contributed by atoms with van der Waals surface area (Å²) in [4.78, 5) is 30.8. The maximum absolute atomic E-state index is 12.1. The van der Waals surface area contributed by atoms with Gasteiger partial charge in [0.05, 0.1) is 11.8 Å². The van der Waals surface area contributed by atoms with Crippen LogP contribution in [-0.2, 0) is 9.59 Å². The first-order chi connectivity index (χ1) is 9.08. The summed E-state index contributed by atoms with van der Waals surface area (Å²) >= 11 is 5.70. The molecule has 1 aliphatic carbocycles. The van der Waals surface area contributed by atoms with Crippen molar-refractivity contribution >= 4 is 29.3 Å². The fourth-order valence-electron chi connectivity index (χ4n) is 2.36. The molecule has 2 N–H and O–H groups in total. The van der Waals surface area contributed by atoms with Gasteiger partial charge in [0, 0.05) is 6.07 Å². The molecule has 0 spiro atoms. The van der Waals surface area contributed by atoms with Crippen molar-refractivity contribution in [2.24, 2.45) is 11.8 Å². The summed E-state index contributed by atoms with van der Waals surface area (Å²) < 4.78 is 0. The SMILES string of the molecule is O=C(O)C1CCCCC1C(=O)Nc1cc(Cl)ncn1. The molecule has 6 nitrogen and oxygen atoms in total. The van der Waals surface area contributed by atoms with Crippen LogP contribution in [0.2, 0.25) is 5.15 Å². The van der Waals surface area contributed by atoms with Gasteiger partial charge in [-0.2, -0.15) is 0 Å². The Morgan fingerprint density at radius 2 is 1.95 bits per heavy atom. The molecule has 2 atom stereocenters. The molecule has 2 unspecified atom stereocenters. The molecule has 1 heterocycles. The Labute approximate surface area is 115 Å². The van der Waals surface area contributed by atoms with Gasteiger partial charge in [-0.3, -0.25) is 9.59 Å². The van der Waals surface area contributed by atoms with E-state index < -0.39 is 17.8 Å². The third-order valence-electron chi connectivity index (χ3n) is 3.30. The molecule has 0 aliphatic heterocycles. The number of carboxylic acids is 1. The molecule has 2 rings (SSSR count). The summed E-state index contributed by atoms with van der Waals surface area (Å²) in [6, 6.07) is 1.43. The Hall–Kier alpha value is -1.69. The summed E-state index contributed by atoms with van der Waals surface area (Å²) in [5.74, 6) is -2.08. The minimum atomic E-state index is -0.916. The number of halogens is 1. The fraction of sp³-hybridized carbons (Fsp3) is 0.500. The van der Waals surface area contributed by atoms with Crippen molar-refractivity contribution in [3.8, 4) is 0 Å². The highest BCUT2D eigenvalue weighted by atomic mass is 35.5. The average molecular weight is 284 g/mol. The maximum Gasteiger partial charge on any atom is 0.307 e. The zero-order valence-electron chi connectivity index (χ0n) is 10.2. The van der Waals surface area contributed by atoms with Crippen LogP contribution >= 0.6 is 11.6 Å². The highest BCUT2D eigenvalue weighted by Gasteiger charge is 2.35. The molecule has 0 radical (unpaired) electrons. The summed E-state index contributed by atoms with van der Waals surface area (Å²) in [5.41, 5.74) is 0. The molecule has 0 saturated heterocycles. The van der Waals surface area contributed by atoms with Crippen LogP contribution < -0.4 is 5.32 Å². The number of anilines is 1. The number of aromatic nitrogens is 2. The molecule has 1 amide bonds. The molecule has 0 aromatic carbocycles. The molecule has 1 saturated carbocycles. The molecule has 1 aliphatic rings. The third-order valence-corrected chi connectivity index (χ3v) is 3.51. The number of aliphatic carboxylic acids is 1. The van der Waals surface area contributed by atoms with Crippen molar-refractivity contribution in [2.75, 3.05) is 5.32 Å². The summed E-state index contributed by atoms with van der Waals surface area (Å²) in [6.45, 7) is 0. The van der Waals surface area contributed by atoms with Crippen molar-refractivity contribution in [3.05, 3.63) is 17.5 Å². The zero-order chi connectivity index (χ0) is 13.8. The van der Waals surface area contributed by atoms with Gasteiger partial charge in [0.15, 0.2) is 0 Å². The van der Waals surface area contributed by atoms with Gasteiger partial charge in [0.2, 0.25) is 5.91 Å². The van der Waals surface area contributed by atoms with Crippen molar-refractivity contribution in [3.63, 3.8) is 0 Å². The van der Waals surface area contributed by atoms with Crippen LogP contribution in [-0.4, -0.2) is 27.0 Å². The number of nitrogens with one attached hydrogen (secondary N) is 1. The van der Waals surface area contributed by atoms with Gasteiger partial charge in [0.1, 0.15) is 17.3 Å². The van der Waals surface area contributed by atoms with Gasteiger partial charge in [-0.05, 0) is 12.8 Å². The first-order valence-electron chi connectivity index (χ1n) is 6.09. The van der Waals surface area contributed by atoms with E-state index in [1.54, 1.807) is 0 Å². The van der Waals surface area contributed by atoms with E-state index in [4.69, 9.17) is 16.7 Å². The zero-order valence-corrected chi connectivity index (χ0v) is 10.9. The van der Waals surface area contributed by atoms with Gasteiger partial charge in [-0.25, -0.2) is 9.97 Å². The summed E-state index contributed by atoms with van der Waals surface area (Å²) in [7, 11) is 0. The quantitative estimate of drug-likeness (QED) is 0.827. The molecule has 1 aromatic heterocycles. The van der Waals surface area contributed by atoms with Crippen molar-refractivity contribution < 1.29 is 14.7 Å². The lowest BCUT2D eigenvalue weighted by molar-refractivity contribution is -0.147. The second-order valence-corrected chi connectivity index (χ2v) is 4.94. The average Bonchev–Trinajstić information content (AvgIpc) is 2.38. The Morgan fingerprint density at radius 1 is 1.26 bits per heavy atom. The smallest absolute Gasteiger partial charge is 0.307 e. The van der Waals surface area contributed by atoms with E-state index in [0.29, 0.717) is 18.7 Å². The topological polar surface area (TPSA) is 92.2 Å². The minimum Gasteiger partial charge on any atom is -0.481 e. The Kier molecular flexibility index (Phi) is 4.31. The van der Waals surface area contributed by atoms with Crippen LogP contribution in [0, 0.1) is 11.8 Å². The molecule has 102 valence electrons. The molecule has 19 heavy (non-hydrogen) atoms. The van der Waals surface area contributed by atoms with E-state index in [9.17, 15) is 9.59 Å². The first kappa shape index (κ1) is 13.7.